The van der Waals surface area contributed by atoms with Gasteiger partial charge in [0.15, 0.2) is 0 Å². The summed E-state index contributed by atoms with van der Waals surface area (Å²) >= 11 is 5.10. The zero-order valence-corrected chi connectivity index (χ0v) is 12.9. The topological polar surface area (TPSA) is 43.4 Å². The number of carbonyl (C=O) groups excluding carboxylic acids is 2. The van der Waals surface area contributed by atoms with Crippen LogP contribution in [-0.4, -0.2) is 18.9 Å². The Hall–Kier alpha value is -1.72. The first-order valence-corrected chi connectivity index (χ1v) is 7.45. The van der Waals surface area contributed by atoms with E-state index < -0.39 is 11.8 Å². The van der Waals surface area contributed by atoms with Gasteiger partial charge in [-0.05, 0) is 36.4 Å². The van der Waals surface area contributed by atoms with Gasteiger partial charge in [-0.1, -0.05) is 15.9 Å². The lowest BCUT2D eigenvalue weighted by atomic mass is 10.1. The summed E-state index contributed by atoms with van der Waals surface area (Å²) in [4.78, 5) is 23.2. The van der Waals surface area contributed by atoms with Crippen LogP contribution < -0.4 is 0 Å². The van der Waals surface area contributed by atoms with E-state index in [4.69, 9.17) is 0 Å². The van der Waals surface area contributed by atoms with Crippen LogP contribution in [0.3, 0.4) is 0 Å². The zero-order valence-electron chi connectivity index (χ0n) is 10.5. The number of methoxy groups -OCH3 is 1. The maximum Gasteiger partial charge on any atom is 0.379 e. The van der Waals surface area contributed by atoms with Gasteiger partial charge in [-0.3, -0.25) is 4.79 Å². The number of carbonyl (C=O) groups is 2. The molecule has 100 valence electrons. The van der Waals surface area contributed by atoms with Crippen molar-refractivity contribution in [3.05, 3.63) is 46.4 Å². The van der Waals surface area contributed by atoms with Crippen molar-refractivity contribution in [2.45, 2.75) is 0 Å². The van der Waals surface area contributed by atoms with Gasteiger partial charge in [0.25, 0.3) is 5.78 Å². The summed E-state index contributed by atoms with van der Waals surface area (Å²) in [7, 11) is 1.20. The fraction of sp³-hybridized carbons (Fsp3) is 0.0667. The molecule has 0 aliphatic carbocycles. The first-order valence-electron chi connectivity index (χ1n) is 5.84. The Labute approximate surface area is 127 Å². The van der Waals surface area contributed by atoms with E-state index >= 15 is 0 Å². The summed E-state index contributed by atoms with van der Waals surface area (Å²) in [5, 5.41) is 2.04. The predicted octanol–water partition coefficient (Wildman–Crippen LogP) is 4.17. The van der Waals surface area contributed by atoms with E-state index in [-0.39, 0.29) is 0 Å². The van der Waals surface area contributed by atoms with Gasteiger partial charge < -0.3 is 4.74 Å². The number of Topliss-reactive ketones (excluding diaryl/α,β-unsaturated/α-hetero) is 1. The van der Waals surface area contributed by atoms with Crippen LogP contribution in [0.15, 0.2) is 40.9 Å². The number of hydrogen-bond acceptors (Lipinski definition) is 4. The Morgan fingerprint density at radius 1 is 1.05 bits per heavy atom. The fourth-order valence-electron chi connectivity index (χ4n) is 2.10. The predicted molar refractivity (Wildman–Crippen MR) is 83.4 cm³/mol. The van der Waals surface area contributed by atoms with E-state index in [1.165, 1.54) is 7.11 Å². The largest absolute Gasteiger partial charge is 0.463 e. The molecule has 0 atom stereocenters. The van der Waals surface area contributed by atoms with E-state index in [2.05, 4.69) is 20.7 Å². The van der Waals surface area contributed by atoms with Crippen LogP contribution >= 0.6 is 27.3 Å². The van der Waals surface area contributed by atoms with Gasteiger partial charge in [-0.2, -0.15) is 0 Å². The Bertz CT molecular complexity index is 851. The van der Waals surface area contributed by atoms with Crippen molar-refractivity contribution >= 4 is 59.2 Å². The third-order valence-corrected chi connectivity index (χ3v) is 4.71. The summed E-state index contributed by atoms with van der Waals surface area (Å²) in [6.45, 7) is 0. The number of ether oxygens (including phenoxy) is 1. The number of ketones is 1. The van der Waals surface area contributed by atoms with Gasteiger partial charge in [0.1, 0.15) is 0 Å². The molecule has 5 heteroatoms. The normalized spacial score (nSPS) is 10.9. The standard InChI is InChI=1S/C15H9BrO3S/c1-19-15(18)14(17)8-2-4-12-10(6-8)11-7-9(16)3-5-13(11)20-12/h2-7H,1H3. The Balaban J connectivity index is 2.24. The molecule has 0 aliphatic rings. The van der Waals surface area contributed by atoms with Gasteiger partial charge in [0.2, 0.25) is 0 Å². The molecule has 0 spiro atoms. The second-order valence-electron chi connectivity index (χ2n) is 4.27. The maximum absolute atomic E-state index is 11.9. The van der Waals surface area contributed by atoms with Crippen LogP contribution in [0.5, 0.6) is 0 Å². The molecule has 0 radical (unpaired) electrons. The fourth-order valence-corrected chi connectivity index (χ4v) is 3.53. The molecule has 20 heavy (non-hydrogen) atoms. The second-order valence-corrected chi connectivity index (χ2v) is 6.27. The van der Waals surface area contributed by atoms with Crippen LogP contribution in [-0.2, 0) is 9.53 Å². The summed E-state index contributed by atoms with van der Waals surface area (Å²) in [6, 6.07) is 11.3. The van der Waals surface area contributed by atoms with E-state index in [9.17, 15) is 9.59 Å². The lowest BCUT2D eigenvalue weighted by Crippen LogP contribution is -2.15. The Kier molecular flexibility index (Phi) is 3.31. The highest BCUT2D eigenvalue weighted by Gasteiger charge is 2.17. The molecule has 0 fully saturated rings. The monoisotopic (exact) mass is 348 g/mol. The van der Waals surface area contributed by atoms with Gasteiger partial charge >= 0.3 is 5.97 Å². The smallest absolute Gasteiger partial charge is 0.379 e. The van der Waals surface area contributed by atoms with Crippen molar-refractivity contribution < 1.29 is 14.3 Å². The number of esters is 1. The second kappa shape index (κ2) is 5.00. The molecule has 0 unspecified atom stereocenters. The third-order valence-electron chi connectivity index (χ3n) is 3.06. The molecule has 2 aromatic carbocycles. The summed E-state index contributed by atoms with van der Waals surface area (Å²) < 4.78 is 7.68. The minimum atomic E-state index is -0.843. The van der Waals surface area contributed by atoms with Crippen molar-refractivity contribution in [1.82, 2.24) is 0 Å². The highest BCUT2D eigenvalue weighted by Crippen LogP contribution is 2.35. The molecule has 0 aliphatic heterocycles. The quantitative estimate of drug-likeness (QED) is 0.396. The van der Waals surface area contributed by atoms with Crippen LogP contribution in [0.1, 0.15) is 10.4 Å². The number of hydrogen-bond donors (Lipinski definition) is 0. The van der Waals surface area contributed by atoms with Crippen molar-refractivity contribution in [2.24, 2.45) is 0 Å². The highest BCUT2D eigenvalue weighted by atomic mass is 79.9. The van der Waals surface area contributed by atoms with E-state index in [0.717, 1.165) is 24.6 Å². The van der Waals surface area contributed by atoms with E-state index in [1.807, 2.05) is 24.3 Å². The molecule has 3 nitrogen and oxygen atoms in total. The molecule has 0 saturated carbocycles. The summed E-state index contributed by atoms with van der Waals surface area (Å²) in [5.74, 6) is -1.46. The number of thiophene rings is 1. The molecule has 0 saturated heterocycles. The first kappa shape index (κ1) is 13.3. The molecule has 1 heterocycles. The average Bonchev–Trinajstić information content (AvgIpc) is 2.82. The average molecular weight is 349 g/mol. The molecular formula is C15H9BrO3S. The van der Waals surface area contributed by atoms with Crippen LogP contribution in [0.2, 0.25) is 0 Å². The maximum atomic E-state index is 11.9. The van der Waals surface area contributed by atoms with Crippen molar-refractivity contribution in [1.29, 1.82) is 0 Å². The van der Waals surface area contributed by atoms with Crippen molar-refractivity contribution in [3.63, 3.8) is 0 Å². The van der Waals surface area contributed by atoms with Crippen LogP contribution in [0, 0.1) is 0 Å². The van der Waals surface area contributed by atoms with Gasteiger partial charge in [0, 0.05) is 30.2 Å². The number of benzene rings is 2. The zero-order chi connectivity index (χ0) is 14.3. The molecule has 0 N–H and O–H groups in total. The van der Waals surface area contributed by atoms with Crippen molar-refractivity contribution in [2.75, 3.05) is 7.11 Å². The molecule has 3 aromatic rings. The van der Waals surface area contributed by atoms with E-state index in [1.54, 1.807) is 23.5 Å². The SMILES string of the molecule is COC(=O)C(=O)c1ccc2sc3ccc(Br)cc3c2c1. The third kappa shape index (κ3) is 2.13. The summed E-state index contributed by atoms with van der Waals surface area (Å²) in [6.07, 6.45) is 0. The van der Waals surface area contributed by atoms with Crippen molar-refractivity contribution in [3.8, 4) is 0 Å². The lowest BCUT2D eigenvalue weighted by Gasteiger charge is -1.99. The molecule has 3 rings (SSSR count). The lowest BCUT2D eigenvalue weighted by molar-refractivity contribution is -0.135. The minimum Gasteiger partial charge on any atom is -0.463 e. The first-order chi connectivity index (χ1) is 9.60. The number of fused-ring (bicyclic) bond motifs is 3. The number of rotatable bonds is 2. The van der Waals surface area contributed by atoms with Gasteiger partial charge in [0.05, 0.1) is 7.11 Å². The Morgan fingerprint density at radius 2 is 1.70 bits per heavy atom. The highest BCUT2D eigenvalue weighted by molar-refractivity contribution is 9.10. The van der Waals surface area contributed by atoms with E-state index in [0.29, 0.717) is 5.56 Å². The van der Waals surface area contributed by atoms with Crippen LogP contribution in [0.4, 0.5) is 0 Å². The van der Waals surface area contributed by atoms with Gasteiger partial charge in [-0.15, -0.1) is 11.3 Å². The molecule has 1 aromatic heterocycles. The summed E-state index contributed by atoms with van der Waals surface area (Å²) in [5.41, 5.74) is 0.351. The molecule has 0 amide bonds. The molecular weight excluding hydrogens is 340 g/mol. The number of halogens is 1. The molecule has 0 bridgehead atoms. The van der Waals surface area contributed by atoms with Crippen LogP contribution in [0.25, 0.3) is 20.2 Å². The van der Waals surface area contributed by atoms with Gasteiger partial charge in [-0.25, -0.2) is 4.79 Å². The minimum absolute atomic E-state index is 0.351. The Morgan fingerprint density at radius 3 is 2.40 bits per heavy atom.